The Kier molecular flexibility index (Phi) is 5.35. The number of carbonyl (C=O) groups is 3. The van der Waals surface area contributed by atoms with Crippen molar-refractivity contribution in [1.82, 2.24) is 4.90 Å². The number of carbonyl (C=O) groups excluding carboxylic acids is 3. The number of nitrogens with one attached hydrogen (secondary N) is 2. The van der Waals surface area contributed by atoms with Crippen LogP contribution in [0.4, 0.5) is 11.4 Å². The fourth-order valence-corrected chi connectivity index (χ4v) is 4.03. The molecule has 0 radical (unpaired) electrons. The SMILES string of the molecule is C[C@H]1CC(=O)Nc2ccccc2N1C(=O)C[NH+]1CCN(C(=O)c2ccco2)CC1. The molecule has 3 heterocycles. The smallest absolute Gasteiger partial charge is 0.289 e. The van der Waals surface area contributed by atoms with Crippen molar-refractivity contribution in [2.24, 2.45) is 0 Å². The summed E-state index contributed by atoms with van der Waals surface area (Å²) in [6, 6.07) is 10.5. The fourth-order valence-electron chi connectivity index (χ4n) is 4.03. The Morgan fingerprint density at radius 3 is 2.66 bits per heavy atom. The molecule has 2 aliphatic rings. The van der Waals surface area contributed by atoms with Gasteiger partial charge in [0.2, 0.25) is 5.91 Å². The lowest BCUT2D eigenvalue weighted by molar-refractivity contribution is -0.895. The second-order valence-corrected chi connectivity index (χ2v) is 7.58. The number of piperazine rings is 1. The van der Waals surface area contributed by atoms with E-state index in [0.29, 0.717) is 44.2 Å². The van der Waals surface area contributed by atoms with Crippen LogP contribution in [0, 0.1) is 0 Å². The minimum atomic E-state index is -0.215. The molecule has 0 unspecified atom stereocenters. The van der Waals surface area contributed by atoms with Gasteiger partial charge < -0.3 is 24.4 Å². The maximum Gasteiger partial charge on any atom is 0.289 e. The summed E-state index contributed by atoms with van der Waals surface area (Å²) in [6.45, 7) is 4.77. The molecular weight excluding hydrogens is 372 g/mol. The van der Waals surface area contributed by atoms with Crippen LogP contribution < -0.4 is 15.1 Å². The normalized spacial score (nSPS) is 20.0. The van der Waals surface area contributed by atoms with E-state index in [-0.39, 0.29) is 30.2 Å². The van der Waals surface area contributed by atoms with Crippen molar-refractivity contribution in [1.29, 1.82) is 0 Å². The monoisotopic (exact) mass is 397 g/mol. The number of hydrogen-bond donors (Lipinski definition) is 2. The maximum atomic E-state index is 13.2. The van der Waals surface area contributed by atoms with E-state index in [0.717, 1.165) is 10.6 Å². The minimum Gasteiger partial charge on any atom is -0.459 e. The van der Waals surface area contributed by atoms with Gasteiger partial charge >= 0.3 is 0 Å². The molecule has 4 rings (SSSR count). The fraction of sp³-hybridized carbons (Fsp3) is 0.381. The van der Waals surface area contributed by atoms with Crippen LogP contribution in [0.15, 0.2) is 47.1 Å². The first-order valence-corrected chi connectivity index (χ1v) is 9.90. The van der Waals surface area contributed by atoms with Gasteiger partial charge in [-0.05, 0) is 31.2 Å². The molecule has 2 N–H and O–H groups in total. The Labute approximate surface area is 169 Å². The van der Waals surface area contributed by atoms with Crippen molar-refractivity contribution in [2.75, 3.05) is 42.9 Å². The van der Waals surface area contributed by atoms with Crippen molar-refractivity contribution in [2.45, 2.75) is 19.4 Å². The van der Waals surface area contributed by atoms with E-state index in [1.54, 1.807) is 21.9 Å². The first-order chi connectivity index (χ1) is 14.0. The number of rotatable bonds is 3. The molecule has 1 fully saturated rings. The summed E-state index contributed by atoms with van der Waals surface area (Å²) in [6.07, 6.45) is 1.76. The van der Waals surface area contributed by atoms with Crippen LogP contribution in [0.1, 0.15) is 23.9 Å². The molecule has 3 amide bonds. The number of furan rings is 1. The summed E-state index contributed by atoms with van der Waals surface area (Å²) in [5.74, 6) is 0.136. The zero-order valence-electron chi connectivity index (χ0n) is 16.4. The molecule has 1 atom stereocenters. The van der Waals surface area contributed by atoms with E-state index in [1.165, 1.54) is 6.26 Å². The summed E-state index contributed by atoms with van der Waals surface area (Å²) in [5.41, 5.74) is 1.40. The Morgan fingerprint density at radius 2 is 1.93 bits per heavy atom. The Balaban J connectivity index is 1.41. The number of anilines is 2. The number of nitrogens with zero attached hydrogens (tertiary/aromatic N) is 2. The van der Waals surface area contributed by atoms with E-state index in [4.69, 9.17) is 4.42 Å². The van der Waals surface area contributed by atoms with E-state index < -0.39 is 0 Å². The molecule has 8 nitrogen and oxygen atoms in total. The Bertz CT molecular complexity index is 903. The van der Waals surface area contributed by atoms with Gasteiger partial charge in [0.15, 0.2) is 12.3 Å². The summed E-state index contributed by atoms with van der Waals surface area (Å²) in [4.78, 5) is 42.3. The van der Waals surface area contributed by atoms with E-state index in [9.17, 15) is 14.4 Å². The molecule has 152 valence electrons. The van der Waals surface area contributed by atoms with Gasteiger partial charge in [-0.25, -0.2) is 0 Å². The highest BCUT2D eigenvalue weighted by atomic mass is 16.3. The molecule has 0 aliphatic carbocycles. The topological polar surface area (TPSA) is 87.3 Å². The molecule has 2 aromatic rings. The van der Waals surface area contributed by atoms with Crippen molar-refractivity contribution < 1.29 is 23.7 Å². The van der Waals surface area contributed by atoms with Gasteiger partial charge in [0.05, 0.1) is 43.8 Å². The Hall–Kier alpha value is -3.13. The second-order valence-electron chi connectivity index (χ2n) is 7.58. The van der Waals surface area contributed by atoms with Gasteiger partial charge in [0, 0.05) is 12.5 Å². The summed E-state index contributed by atoms with van der Waals surface area (Å²) >= 11 is 0. The van der Waals surface area contributed by atoms with Crippen LogP contribution in [0.3, 0.4) is 0 Å². The molecule has 1 saturated heterocycles. The highest BCUT2D eigenvalue weighted by Gasteiger charge is 2.33. The van der Waals surface area contributed by atoms with E-state index in [1.807, 2.05) is 31.2 Å². The number of para-hydroxylation sites is 2. The summed E-state index contributed by atoms with van der Waals surface area (Å²) < 4.78 is 5.19. The Morgan fingerprint density at radius 1 is 1.17 bits per heavy atom. The molecule has 0 spiro atoms. The lowest BCUT2D eigenvalue weighted by Crippen LogP contribution is -3.16. The maximum absolute atomic E-state index is 13.2. The van der Waals surface area contributed by atoms with Crippen molar-refractivity contribution >= 4 is 29.1 Å². The second kappa shape index (κ2) is 8.08. The average Bonchev–Trinajstić information content (AvgIpc) is 3.20. The van der Waals surface area contributed by atoms with Crippen LogP contribution in [0.25, 0.3) is 0 Å². The molecular formula is C21H25N4O4+. The molecule has 0 saturated carbocycles. The molecule has 29 heavy (non-hydrogen) atoms. The third-order valence-corrected chi connectivity index (χ3v) is 5.52. The standard InChI is InChI=1S/C21H24N4O4/c1-15-13-19(26)22-16-5-2-3-6-17(16)25(15)20(27)14-23-8-10-24(11-9-23)21(28)18-7-4-12-29-18/h2-7,12,15H,8-11,13-14H2,1H3,(H,22,26)/p+1/t15-/m0/s1. The average molecular weight is 397 g/mol. The van der Waals surface area contributed by atoms with Gasteiger partial charge in [-0.1, -0.05) is 12.1 Å². The predicted octanol–water partition coefficient (Wildman–Crippen LogP) is 0.384. The van der Waals surface area contributed by atoms with Gasteiger partial charge in [0.25, 0.3) is 11.8 Å². The third-order valence-electron chi connectivity index (χ3n) is 5.52. The first kappa shape index (κ1) is 19.2. The number of hydrogen-bond acceptors (Lipinski definition) is 4. The highest BCUT2D eigenvalue weighted by Crippen LogP contribution is 2.31. The molecule has 2 aliphatic heterocycles. The predicted molar refractivity (Wildman–Crippen MR) is 107 cm³/mol. The van der Waals surface area contributed by atoms with Crippen LogP contribution in [-0.4, -0.2) is 61.4 Å². The summed E-state index contributed by atoms with van der Waals surface area (Å²) in [5, 5.41) is 2.88. The molecule has 0 bridgehead atoms. The van der Waals surface area contributed by atoms with Crippen LogP contribution in [0.2, 0.25) is 0 Å². The lowest BCUT2D eigenvalue weighted by atomic mass is 10.1. The zero-order chi connectivity index (χ0) is 20.4. The van der Waals surface area contributed by atoms with Gasteiger partial charge in [-0.15, -0.1) is 0 Å². The molecule has 1 aromatic heterocycles. The highest BCUT2D eigenvalue weighted by molar-refractivity contribution is 6.04. The van der Waals surface area contributed by atoms with Crippen LogP contribution >= 0.6 is 0 Å². The van der Waals surface area contributed by atoms with Gasteiger partial charge in [-0.3, -0.25) is 14.4 Å². The van der Waals surface area contributed by atoms with Crippen molar-refractivity contribution in [3.63, 3.8) is 0 Å². The largest absolute Gasteiger partial charge is 0.459 e. The third kappa shape index (κ3) is 4.02. The zero-order valence-corrected chi connectivity index (χ0v) is 16.4. The first-order valence-electron chi connectivity index (χ1n) is 9.90. The van der Waals surface area contributed by atoms with Gasteiger partial charge in [0.1, 0.15) is 0 Å². The number of quaternary nitrogens is 1. The summed E-state index contributed by atoms with van der Waals surface area (Å²) in [7, 11) is 0. The van der Waals surface area contributed by atoms with E-state index in [2.05, 4.69) is 5.32 Å². The van der Waals surface area contributed by atoms with Gasteiger partial charge in [-0.2, -0.15) is 0 Å². The number of fused-ring (bicyclic) bond motifs is 1. The quantitative estimate of drug-likeness (QED) is 0.784. The van der Waals surface area contributed by atoms with Crippen LogP contribution in [-0.2, 0) is 9.59 Å². The van der Waals surface area contributed by atoms with Crippen molar-refractivity contribution in [3.8, 4) is 0 Å². The molecule has 1 aromatic carbocycles. The van der Waals surface area contributed by atoms with E-state index >= 15 is 0 Å². The number of benzene rings is 1. The molecule has 8 heteroatoms. The minimum absolute atomic E-state index is 0.0118. The number of amides is 3. The lowest BCUT2D eigenvalue weighted by Gasteiger charge is -2.33. The van der Waals surface area contributed by atoms with Crippen molar-refractivity contribution in [3.05, 3.63) is 48.4 Å². The van der Waals surface area contributed by atoms with Crippen LogP contribution in [0.5, 0.6) is 0 Å².